The second-order valence-corrected chi connectivity index (χ2v) is 5.26. The van der Waals surface area contributed by atoms with E-state index in [-0.39, 0.29) is 11.8 Å². The highest BCUT2D eigenvalue weighted by Crippen LogP contribution is 2.21. The third kappa shape index (κ3) is 3.02. The molecule has 1 unspecified atom stereocenters. The summed E-state index contributed by atoms with van der Waals surface area (Å²) in [6.07, 6.45) is 0.893. The van der Waals surface area contributed by atoms with Crippen LogP contribution in [0.3, 0.4) is 0 Å². The highest BCUT2D eigenvalue weighted by Gasteiger charge is 2.20. The summed E-state index contributed by atoms with van der Waals surface area (Å²) in [6.45, 7) is 7.91. The fourth-order valence-electron chi connectivity index (χ4n) is 1.23. The van der Waals surface area contributed by atoms with Crippen molar-refractivity contribution in [3.63, 3.8) is 0 Å². The maximum absolute atomic E-state index is 11.8. The number of rotatable bonds is 4. The number of carbonyl (C=O) groups is 1. The van der Waals surface area contributed by atoms with Gasteiger partial charge in [0.2, 0.25) is 5.91 Å². The third-order valence-electron chi connectivity index (χ3n) is 2.82. The van der Waals surface area contributed by atoms with E-state index in [0.29, 0.717) is 5.13 Å². The molecule has 0 aliphatic carbocycles. The van der Waals surface area contributed by atoms with E-state index >= 15 is 0 Å². The average molecular weight is 241 g/mol. The highest BCUT2D eigenvalue weighted by molar-refractivity contribution is 7.15. The maximum atomic E-state index is 11.8. The zero-order valence-electron chi connectivity index (χ0n) is 10.2. The number of hydrogen-bond acceptors (Lipinski definition) is 4. The minimum absolute atomic E-state index is 0.150. The Bertz CT molecular complexity index is 356. The van der Waals surface area contributed by atoms with Crippen molar-refractivity contribution in [1.29, 1.82) is 0 Å². The first kappa shape index (κ1) is 13.1. The topological polar surface area (TPSA) is 68.0 Å². The largest absolute Gasteiger partial charge is 0.320 e. The van der Waals surface area contributed by atoms with E-state index in [4.69, 9.17) is 5.73 Å². The van der Waals surface area contributed by atoms with Crippen LogP contribution in [-0.2, 0) is 4.79 Å². The number of nitrogens with one attached hydrogen (secondary N) is 1. The molecule has 0 saturated carbocycles. The predicted octanol–water partition coefficient (Wildman–Crippen LogP) is 2.07. The molecule has 1 amide bonds. The predicted molar refractivity (Wildman–Crippen MR) is 67.6 cm³/mol. The van der Waals surface area contributed by atoms with Gasteiger partial charge in [0.25, 0.3) is 0 Å². The Morgan fingerprint density at radius 1 is 1.56 bits per heavy atom. The molecular weight excluding hydrogens is 222 g/mol. The monoisotopic (exact) mass is 241 g/mol. The van der Waals surface area contributed by atoms with Gasteiger partial charge in [0.1, 0.15) is 0 Å². The van der Waals surface area contributed by atoms with Gasteiger partial charge < -0.3 is 11.1 Å². The molecule has 0 saturated heterocycles. The Kier molecular flexibility index (Phi) is 4.44. The Morgan fingerprint density at radius 2 is 2.19 bits per heavy atom. The number of anilines is 1. The van der Waals surface area contributed by atoms with Crippen LogP contribution in [0.1, 0.15) is 30.8 Å². The van der Waals surface area contributed by atoms with Crippen LogP contribution in [0.2, 0.25) is 0 Å². The van der Waals surface area contributed by atoms with Crippen LogP contribution >= 0.6 is 11.3 Å². The normalized spacial score (nSPS) is 14.6. The van der Waals surface area contributed by atoms with Crippen LogP contribution < -0.4 is 11.1 Å². The fourth-order valence-corrected chi connectivity index (χ4v) is 2.04. The Labute approximate surface area is 100 Å². The molecule has 0 radical (unpaired) electrons. The average Bonchev–Trinajstić information content (AvgIpc) is 2.55. The van der Waals surface area contributed by atoms with E-state index in [0.717, 1.165) is 17.0 Å². The van der Waals surface area contributed by atoms with Crippen molar-refractivity contribution in [2.24, 2.45) is 11.7 Å². The smallest absolute Gasteiger partial charge is 0.243 e. The van der Waals surface area contributed by atoms with E-state index < -0.39 is 6.04 Å². The van der Waals surface area contributed by atoms with E-state index in [1.54, 1.807) is 0 Å². The summed E-state index contributed by atoms with van der Waals surface area (Å²) >= 11 is 1.48. The van der Waals surface area contributed by atoms with Crippen LogP contribution in [0.5, 0.6) is 0 Å². The van der Waals surface area contributed by atoms with Crippen LogP contribution in [0.25, 0.3) is 0 Å². The second kappa shape index (κ2) is 5.41. The quantitative estimate of drug-likeness (QED) is 0.848. The Hall–Kier alpha value is -0.940. The molecule has 0 bridgehead atoms. The molecule has 0 fully saturated rings. The van der Waals surface area contributed by atoms with E-state index in [9.17, 15) is 4.79 Å². The van der Waals surface area contributed by atoms with Crippen molar-refractivity contribution >= 4 is 22.4 Å². The highest BCUT2D eigenvalue weighted by atomic mass is 32.1. The number of carbonyl (C=O) groups excluding carboxylic acids is 1. The molecule has 90 valence electrons. The zero-order chi connectivity index (χ0) is 12.3. The van der Waals surface area contributed by atoms with Crippen molar-refractivity contribution in [1.82, 2.24) is 4.98 Å². The molecule has 1 aromatic heterocycles. The standard InChI is InChI=1S/C11H19N3OS/c1-5-6(2)9(12)10(15)14-11-13-7(3)8(4)16-11/h6,9H,5,12H2,1-4H3,(H,13,14,15)/t6?,9-/m0/s1. The first-order chi connectivity index (χ1) is 7.45. The van der Waals surface area contributed by atoms with Gasteiger partial charge in [-0.3, -0.25) is 4.79 Å². The molecule has 0 aromatic carbocycles. The van der Waals surface area contributed by atoms with E-state index in [1.807, 2.05) is 27.7 Å². The minimum Gasteiger partial charge on any atom is -0.320 e. The van der Waals surface area contributed by atoms with Gasteiger partial charge in [-0.1, -0.05) is 20.3 Å². The van der Waals surface area contributed by atoms with Gasteiger partial charge in [0.05, 0.1) is 11.7 Å². The maximum Gasteiger partial charge on any atom is 0.243 e. The molecule has 5 heteroatoms. The van der Waals surface area contributed by atoms with Gasteiger partial charge in [-0.2, -0.15) is 0 Å². The number of nitrogens with two attached hydrogens (primary N) is 1. The molecule has 1 aromatic rings. The summed E-state index contributed by atoms with van der Waals surface area (Å²) in [5.74, 6) is 0.0326. The van der Waals surface area contributed by atoms with Gasteiger partial charge in [0, 0.05) is 4.88 Å². The fraction of sp³-hybridized carbons (Fsp3) is 0.636. The molecule has 0 spiro atoms. The summed E-state index contributed by atoms with van der Waals surface area (Å²) in [5, 5.41) is 3.40. The number of aryl methyl sites for hydroxylation is 2. The lowest BCUT2D eigenvalue weighted by Gasteiger charge is -2.16. The third-order valence-corrected chi connectivity index (χ3v) is 3.81. The van der Waals surface area contributed by atoms with Gasteiger partial charge in [-0.15, -0.1) is 11.3 Å². The van der Waals surface area contributed by atoms with Gasteiger partial charge in [-0.25, -0.2) is 4.98 Å². The molecule has 0 aliphatic heterocycles. The van der Waals surface area contributed by atoms with E-state index in [1.165, 1.54) is 11.3 Å². The van der Waals surface area contributed by atoms with Crippen molar-refractivity contribution in [3.05, 3.63) is 10.6 Å². The van der Waals surface area contributed by atoms with Crippen molar-refractivity contribution in [2.45, 2.75) is 40.2 Å². The molecule has 3 N–H and O–H groups in total. The van der Waals surface area contributed by atoms with E-state index in [2.05, 4.69) is 10.3 Å². The van der Waals surface area contributed by atoms with Crippen LogP contribution in [-0.4, -0.2) is 16.9 Å². The molecule has 0 aliphatic rings. The lowest BCUT2D eigenvalue weighted by atomic mass is 10.00. The number of amides is 1. The lowest BCUT2D eigenvalue weighted by molar-refractivity contribution is -0.118. The van der Waals surface area contributed by atoms with Crippen molar-refractivity contribution in [2.75, 3.05) is 5.32 Å². The molecule has 2 atom stereocenters. The summed E-state index contributed by atoms with van der Waals surface area (Å²) in [6, 6.07) is -0.463. The first-order valence-electron chi connectivity index (χ1n) is 5.46. The zero-order valence-corrected chi connectivity index (χ0v) is 11.0. The minimum atomic E-state index is -0.463. The number of aromatic nitrogens is 1. The Morgan fingerprint density at radius 3 is 2.62 bits per heavy atom. The van der Waals surface area contributed by atoms with Crippen molar-refractivity contribution in [3.8, 4) is 0 Å². The van der Waals surface area contributed by atoms with Crippen LogP contribution in [0, 0.1) is 19.8 Å². The summed E-state index contributed by atoms with van der Waals surface area (Å²) in [4.78, 5) is 17.1. The van der Waals surface area contributed by atoms with Gasteiger partial charge in [0.15, 0.2) is 5.13 Å². The van der Waals surface area contributed by atoms with Crippen LogP contribution in [0.4, 0.5) is 5.13 Å². The molecular formula is C11H19N3OS. The summed E-state index contributed by atoms with van der Waals surface area (Å²) < 4.78 is 0. The number of thiazole rings is 1. The summed E-state index contributed by atoms with van der Waals surface area (Å²) in [7, 11) is 0. The second-order valence-electron chi connectivity index (χ2n) is 4.06. The van der Waals surface area contributed by atoms with Gasteiger partial charge >= 0.3 is 0 Å². The number of hydrogen-bond donors (Lipinski definition) is 2. The summed E-state index contributed by atoms with van der Waals surface area (Å²) in [5.41, 5.74) is 6.78. The number of nitrogens with zero attached hydrogens (tertiary/aromatic N) is 1. The molecule has 4 nitrogen and oxygen atoms in total. The SMILES string of the molecule is CCC(C)[C@H](N)C(=O)Nc1nc(C)c(C)s1. The molecule has 1 rings (SSSR count). The van der Waals surface area contributed by atoms with Gasteiger partial charge in [-0.05, 0) is 19.8 Å². The van der Waals surface area contributed by atoms with Crippen molar-refractivity contribution < 1.29 is 4.79 Å². The molecule has 16 heavy (non-hydrogen) atoms. The lowest BCUT2D eigenvalue weighted by Crippen LogP contribution is -2.40. The first-order valence-corrected chi connectivity index (χ1v) is 6.27. The Balaban J connectivity index is 2.64. The van der Waals surface area contributed by atoms with Crippen LogP contribution in [0.15, 0.2) is 0 Å². The molecule has 1 heterocycles.